The molecule has 0 unspecified atom stereocenters. The summed E-state index contributed by atoms with van der Waals surface area (Å²) in [5.74, 6) is -0.0275. The Balaban J connectivity index is 1.76. The second-order valence-electron chi connectivity index (χ2n) is 6.80. The number of fused-ring (bicyclic) bond motifs is 1. The quantitative estimate of drug-likeness (QED) is 0.848. The van der Waals surface area contributed by atoms with Crippen molar-refractivity contribution in [3.63, 3.8) is 0 Å². The second-order valence-corrected chi connectivity index (χ2v) is 6.80. The Morgan fingerprint density at radius 2 is 2.43 bits per heavy atom. The molecule has 0 aliphatic carbocycles. The van der Waals surface area contributed by atoms with Gasteiger partial charge < -0.3 is 14.4 Å². The predicted molar refractivity (Wildman–Crippen MR) is 85.0 cm³/mol. The van der Waals surface area contributed by atoms with Crippen LogP contribution in [0.4, 0.5) is 0 Å². The minimum atomic E-state index is -0.0938. The van der Waals surface area contributed by atoms with E-state index in [1.807, 2.05) is 18.7 Å². The molecule has 2 saturated heterocycles. The molecule has 1 aromatic heterocycles. The highest BCUT2D eigenvalue weighted by Gasteiger charge is 2.47. The van der Waals surface area contributed by atoms with E-state index in [1.165, 1.54) is 6.33 Å². The van der Waals surface area contributed by atoms with Crippen LogP contribution in [0.15, 0.2) is 18.6 Å². The molecular weight excluding hydrogens is 294 g/mol. The monoisotopic (exact) mass is 319 g/mol. The molecule has 2 fully saturated rings. The molecule has 2 atom stereocenters. The minimum absolute atomic E-state index is 0.0275. The Kier molecular flexibility index (Phi) is 4.92. The molecule has 6 nitrogen and oxygen atoms in total. The zero-order chi connectivity index (χ0) is 16.3. The van der Waals surface area contributed by atoms with E-state index in [0.717, 1.165) is 25.9 Å². The number of carbonyl (C=O) groups is 1. The van der Waals surface area contributed by atoms with Crippen LogP contribution in [-0.4, -0.2) is 59.3 Å². The summed E-state index contributed by atoms with van der Waals surface area (Å²) < 4.78 is 11.9. The molecule has 3 rings (SSSR count). The fourth-order valence-corrected chi connectivity index (χ4v) is 3.59. The van der Waals surface area contributed by atoms with E-state index < -0.39 is 0 Å². The molecule has 23 heavy (non-hydrogen) atoms. The second kappa shape index (κ2) is 6.93. The molecule has 1 amide bonds. The standard InChI is InChI=1S/C17H25N3O3/c1-13(2)23-11-17-6-3-9-22-15(17)5-8-20(10-17)16(21)14-4-7-18-12-19-14/h4,7,12-13,15H,3,5-6,8-11H2,1-2H3/t15-,17-/m1/s1. The Labute approximate surface area is 137 Å². The third-order valence-corrected chi connectivity index (χ3v) is 4.78. The molecule has 6 heteroatoms. The Hall–Kier alpha value is -1.53. The fourth-order valence-electron chi connectivity index (χ4n) is 3.59. The molecule has 0 radical (unpaired) electrons. The van der Waals surface area contributed by atoms with Crippen LogP contribution in [0.5, 0.6) is 0 Å². The van der Waals surface area contributed by atoms with Gasteiger partial charge in [-0.25, -0.2) is 9.97 Å². The number of rotatable bonds is 4. The average molecular weight is 319 g/mol. The lowest BCUT2D eigenvalue weighted by atomic mass is 9.73. The molecule has 0 aromatic carbocycles. The first kappa shape index (κ1) is 16.3. The van der Waals surface area contributed by atoms with Gasteiger partial charge in [-0.05, 0) is 39.2 Å². The number of aromatic nitrogens is 2. The lowest BCUT2D eigenvalue weighted by Crippen LogP contribution is -2.58. The highest BCUT2D eigenvalue weighted by Crippen LogP contribution is 2.41. The molecule has 0 spiro atoms. The lowest BCUT2D eigenvalue weighted by molar-refractivity contribution is -0.152. The first-order valence-electron chi connectivity index (χ1n) is 8.39. The molecule has 2 aliphatic heterocycles. The van der Waals surface area contributed by atoms with E-state index in [4.69, 9.17) is 9.47 Å². The van der Waals surface area contributed by atoms with Gasteiger partial charge in [0.2, 0.25) is 0 Å². The topological polar surface area (TPSA) is 64.6 Å². The van der Waals surface area contributed by atoms with Gasteiger partial charge in [0.05, 0.1) is 18.8 Å². The molecule has 0 saturated carbocycles. The molecule has 3 heterocycles. The maximum absolute atomic E-state index is 12.7. The Morgan fingerprint density at radius 3 is 3.17 bits per heavy atom. The summed E-state index contributed by atoms with van der Waals surface area (Å²) in [5.41, 5.74) is 0.360. The number of piperidine rings is 1. The highest BCUT2D eigenvalue weighted by atomic mass is 16.5. The first-order chi connectivity index (χ1) is 11.1. The van der Waals surface area contributed by atoms with E-state index >= 15 is 0 Å². The summed E-state index contributed by atoms with van der Waals surface area (Å²) in [5, 5.41) is 0. The van der Waals surface area contributed by atoms with E-state index in [1.54, 1.807) is 12.3 Å². The van der Waals surface area contributed by atoms with Crippen LogP contribution >= 0.6 is 0 Å². The summed E-state index contributed by atoms with van der Waals surface area (Å²) in [7, 11) is 0. The van der Waals surface area contributed by atoms with Crippen molar-refractivity contribution in [3.8, 4) is 0 Å². The maximum Gasteiger partial charge on any atom is 0.272 e. The van der Waals surface area contributed by atoms with E-state index in [-0.39, 0.29) is 23.5 Å². The Bertz CT molecular complexity index is 537. The van der Waals surface area contributed by atoms with Gasteiger partial charge in [0.15, 0.2) is 0 Å². The van der Waals surface area contributed by atoms with Crippen molar-refractivity contribution in [2.75, 3.05) is 26.3 Å². The summed E-state index contributed by atoms with van der Waals surface area (Å²) in [6, 6.07) is 1.67. The summed E-state index contributed by atoms with van der Waals surface area (Å²) >= 11 is 0. The van der Waals surface area contributed by atoms with E-state index in [2.05, 4.69) is 9.97 Å². The van der Waals surface area contributed by atoms with Crippen LogP contribution in [-0.2, 0) is 9.47 Å². The van der Waals surface area contributed by atoms with Crippen molar-refractivity contribution in [1.82, 2.24) is 14.9 Å². The van der Waals surface area contributed by atoms with E-state index in [9.17, 15) is 4.79 Å². The largest absolute Gasteiger partial charge is 0.378 e. The number of hydrogen-bond acceptors (Lipinski definition) is 5. The van der Waals surface area contributed by atoms with Crippen LogP contribution in [0.2, 0.25) is 0 Å². The van der Waals surface area contributed by atoms with Gasteiger partial charge in [0, 0.05) is 31.3 Å². The van der Waals surface area contributed by atoms with Crippen LogP contribution in [0, 0.1) is 5.41 Å². The van der Waals surface area contributed by atoms with Gasteiger partial charge in [-0.3, -0.25) is 4.79 Å². The maximum atomic E-state index is 12.7. The lowest BCUT2D eigenvalue weighted by Gasteiger charge is -2.50. The number of ether oxygens (including phenoxy) is 2. The van der Waals surface area contributed by atoms with Crippen molar-refractivity contribution in [2.24, 2.45) is 5.41 Å². The van der Waals surface area contributed by atoms with Crippen molar-refractivity contribution in [3.05, 3.63) is 24.3 Å². The zero-order valence-corrected chi connectivity index (χ0v) is 13.9. The van der Waals surface area contributed by atoms with Crippen molar-refractivity contribution in [1.29, 1.82) is 0 Å². The number of hydrogen-bond donors (Lipinski definition) is 0. The van der Waals surface area contributed by atoms with Crippen molar-refractivity contribution < 1.29 is 14.3 Å². The molecule has 0 N–H and O–H groups in total. The summed E-state index contributed by atoms with van der Waals surface area (Å²) in [6.07, 6.45) is 6.31. The van der Waals surface area contributed by atoms with Crippen molar-refractivity contribution >= 4 is 5.91 Å². The summed E-state index contributed by atoms with van der Waals surface area (Å²) in [4.78, 5) is 22.6. The van der Waals surface area contributed by atoms with Crippen molar-refractivity contribution in [2.45, 2.75) is 45.3 Å². The van der Waals surface area contributed by atoms with Crippen LogP contribution in [0.3, 0.4) is 0 Å². The molecule has 0 bridgehead atoms. The predicted octanol–water partition coefficient (Wildman–Crippen LogP) is 1.91. The van der Waals surface area contributed by atoms with Gasteiger partial charge in [0.25, 0.3) is 5.91 Å². The molecule has 1 aromatic rings. The van der Waals surface area contributed by atoms with Gasteiger partial charge in [0.1, 0.15) is 12.0 Å². The van der Waals surface area contributed by atoms with Gasteiger partial charge >= 0.3 is 0 Å². The number of carbonyl (C=O) groups excluding carboxylic acids is 1. The minimum Gasteiger partial charge on any atom is -0.378 e. The van der Waals surface area contributed by atoms with Gasteiger partial charge in [-0.2, -0.15) is 0 Å². The average Bonchev–Trinajstić information content (AvgIpc) is 2.59. The number of likely N-dealkylation sites (tertiary alicyclic amines) is 1. The third kappa shape index (κ3) is 3.53. The van der Waals surface area contributed by atoms with Crippen LogP contribution in [0.1, 0.15) is 43.6 Å². The normalized spacial score (nSPS) is 27.8. The zero-order valence-electron chi connectivity index (χ0n) is 13.9. The Morgan fingerprint density at radius 1 is 1.57 bits per heavy atom. The fraction of sp³-hybridized carbons (Fsp3) is 0.706. The molecule has 126 valence electrons. The molecule has 2 aliphatic rings. The van der Waals surface area contributed by atoms with E-state index in [0.29, 0.717) is 25.4 Å². The number of amides is 1. The molecular formula is C17H25N3O3. The highest BCUT2D eigenvalue weighted by molar-refractivity contribution is 5.92. The smallest absolute Gasteiger partial charge is 0.272 e. The summed E-state index contributed by atoms with van der Waals surface area (Å²) in [6.45, 7) is 6.92. The van der Waals surface area contributed by atoms with Crippen LogP contribution < -0.4 is 0 Å². The SMILES string of the molecule is CC(C)OC[C@]12CCCO[C@@H]1CCN(C(=O)c1ccncn1)C2. The third-order valence-electron chi connectivity index (χ3n) is 4.78. The number of nitrogens with zero attached hydrogens (tertiary/aromatic N) is 3. The van der Waals surface area contributed by atoms with Gasteiger partial charge in [-0.15, -0.1) is 0 Å². The van der Waals surface area contributed by atoms with Gasteiger partial charge in [-0.1, -0.05) is 0 Å². The van der Waals surface area contributed by atoms with Crippen LogP contribution in [0.25, 0.3) is 0 Å². The first-order valence-corrected chi connectivity index (χ1v) is 8.39.